The van der Waals surface area contributed by atoms with Crippen LogP contribution in [0.25, 0.3) is 10.9 Å². The molecule has 0 bridgehead atoms. The third kappa shape index (κ3) is 1.48. The molecule has 2 aromatic rings. The normalized spacial score (nSPS) is 11.1. The Bertz CT molecular complexity index is 461. The molecule has 2 rings (SSSR count). The highest BCUT2D eigenvalue weighted by Gasteiger charge is 2.04. The number of aromatic nitrogens is 2. The van der Waals surface area contributed by atoms with E-state index in [1.165, 1.54) is 11.1 Å². The van der Waals surface area contributed by atoms with Crippen molar-refractivity contribution in [3.8, 4) is 0 Å². The average Bonchev–Trinajstić information content (AvgIpc) is 2.17. The van der Waals surface area contributed by atoms with Crippen LogP contribution in [0.15, 0.2) is 24.7 Å². The zero-order chi connectivity index (χ0) is 10.1. The van der Waals surface area contributed by atoms with Crippen molar-refractivity contribution in [1.82, 2.24) is 9.97 Å². The molecule has 0 aliphatic rings. The topological polar surface area (TPSA) is 25.8 Å². The minimum Gasteiger partial charge on any atom is -0.244 e. The molecule has 14 heavy (non-hydrogen) atoms. The van der Waals surface area contributed by atoms with Crippen molar-refractivity contribution in [2.45, 2.75) is 26.7 Å². The monoisotopic (exact) mass is 186 g/mol. The second-order valence-electron chi connectivity index (χ2n) is 3.95. The van der Waals surface area contributed by atoms with Crippen molar-refractivity contribution < 1.29 is 0 Å². The van der Waals surface area contributed by atoms with Crippen LogP contribution in [-0.2, 0) is 0 Å². The van der Waals surface area contributed by atoms with Gasteiger partial charge in [0.15, 0.2) is 0 Å². The molecule has 0 fully saturated rings. The quantitative estimate of drug-likeness (QED) is 0.684. The summed E-state index contributed by atoms with van der Waals surface area (Å²) in [4.78, 5) is 8.31. The highest BCUT2D eigenvalue weighted by molar-refractivity contribution is 5.81. The van der Waals surface area contributed by atoms with E-state index in [1.54, 1.807) is 6.33 Å². The van der Waals surface area contributed by atoms with Crippen LogP contribution in [0, 0.1) is 6.92 Å². The van der Waals surface area contributed by atoms with Crippen molar-refractivity contribution in [3.63, 3.8) is 0 Å². The minimum atomic E-state index is 0.549. The van der Waals surface area contributed by atoms with Crippen LogP contribution in [0.1, 0.15) is 30.9 Å². The van der Waals surface area contributed by atoms with E-state index < -0.39 is 0 Å². The molecule has 0 unspecified atom stereocenters. The molecule has 1 aromatic carbocycles. The molecule has 0 saturated heterocycles. The first-order chi connectivity index (χ1) is 6.68. The largest absolute Gasteiger partial charge is 0.244 e. The van der Waals surface area contributed by atoms with Crippen LogP contribution < -0.4 is 0 Å². The summed E-state index contributed by atoms with van der Waals surface area (Å²) in [5.41, 5.74) is 3.64. The number of hydrogen-bond acceptors (Lipinski definition) is 2. The first-order valence-electron chi connectivity index (χ1n) is 4.88. The predicted molar refractivity (Wildman–Crippen MR) is 58.4 cm³/mol. The molecular weight excluding hydrogens is 172 g/mol. The number of hydrogen-bond donors (Lipinski definition) is 0. The van der Waals surface area contributed by atoms with E-state index in [-0.39, 0.29) is 0 Å². The number of aryl methyl sites for hydroxylation is 1. The molecule has 0 amide bonds. The maximum atomic E-state index is 4.27. The highest BCUT2D eigenvalue weighted by Crippen LogP contribution is 2.22. The van der Waals surface area contributed by atoms with Gasteiger partial charge in [-0.3, -0.25) is 0 Å². The Balaban J connectivity index is 2.72. The van der Waals surface area contributed by atoms with Crippen molar-refractivity contribution in [3.05, 3.63) is 35.8 Å². The van der Waals surface area contributed by atoms with Crippen LogP contribution in [0.4, 0.5) is 0 Å². The Kier molecular flexibility index (Phi) is 2.20. The van der Waals surface area contributed by atoms with Crippen molar-refractivity contribution in [1.29, 1.82) is 0 Å². The molecule has 2 heteroatoms. The van der Waals surface area contributed by atoms with E-state index in [2.05, 4.69) is 42.9 Å². The Labute approximate surface area is 84.0 Å². The average molecular weight is 186 g/mol. The van der Waals surface area contributed by atoms with E-state index in [0.29, 0.717) is 5.92 Å². The summed E-state index contributed by atoms with van der Waals surface area (Å²) >= 11 is 0. The molecule has 0 aliphatic carbocycles. The van der Waals surface area contributed by atoms with Gasteiger partial charge in [-0.15, -0.1) is 0 Å². The lowest BCUT2D eigenvalue weighted by Gasteiger charge is -2.08. The number of fused-ring (bicyclic) bond motifs is 1. The molecule has 1 heterocycles. The number of rotatable bonds is 1. The van der Waals surface area contributed by atoms with Gasteiger partial charge in [-0.05, 0) is 30.0 Å². The summed E-state index contributed by atoms with van der Waals surface area (Å²) in [7, 11) is 0. The van der Waals surface area contributed by atoms with E-state index in [4.69, 9.17) is 0 Å². The van der Waals surface area contributed by atoms with Gasteiger partial charge < -0.3 is 0 Å². The highest BCUT2D eigenvalue weighted by atomic mass is 14.8. The smallest absolute Gasteiger partial charge is 0.116 e. The van der Waals surface area contributed by atoms with Crippen LogP contribution in [0.3, 0.4) is 0 Å². The summed E-state index contributed by atoms with van der Waals surface area (Å²) in [5.74, 6) is 0.549. The maximum absolute atomic E-state index is 4.27. The van der Waals surface area contributed by atoms with Gasteiger partial charge in [0.2, 0.25) is 0 Å². The third-order valence-corrected chi connectivity index (χ3v) is 2.52. The van der Waals surface area contributed by atoms with Crippen LogP contribution in [0.2, 0.25) is 0 Å². The van der Waals surface area contributed by atoms with Crippen LogP contribution in [-0.4, -0.2) is 9.97 Å². The molecule has 0 aliphatic heterocycles. The van der Waals surface area contributed by atoms with Crippen molar-refractivity contribution >= 4 is 10.9 Å². The van der Waals surface area contributed by atoms with Gasteiger partial charge in [-0.25, -0.2) is 9.97 Å². The fourth-order valence-electron chi connectivity index (χ4n) is 1.62. The number of nitrogens with zero attached hydrogens (tertiary/aromatic N) is 2. The fraction of sp³-hybridized carbons (Fsp3) is 0.333. The third-order valence-electron chi connectivity index (χ3n) is 2.52. The summed E-state index contributed by atoms with van der Waals surface area (Å²) in [6.45, 7) is 6.50. The van der Waals surface area contributed by atoms with Gasteiger partial charge in [-0.2, -0.15) is 0 Å². The van der Waals surface area contributed by atoms with Gasteiger partial charge in [0, 0.05) is 11.6 Å². The lowest BCUT2D eigenvalue weighted by Crippen LogP contribution is -1.91. The van der Waals surface area contributed by atoms with E-state index in [9.17, 15) is 0 Å². The molecule has 0 N–H and O–H groups in total. The molecule has 0 atom stereocenters. The molecule has 0 spiro atoms. The zero-order valence-electron chi connectivity index (χ0n) is 8.78. The van der Waals surface area contributed by atoms with Gasteiger partial charge >= 0.3 is 0 Å². The molecule has 1 aromatic heterocycles. The second-order valence-corrected chi connectivity index (χ2v) is 3.95. The van der Waals surface area contributed by atoms with Gasteiger partial charge in [0.25, 0.3) is 0 Å². The lowest BCUT2D eigenvalue weighted by molar-refractivity contribution is 0.866. The summed E-state index contributed by atoms with van der Waals surface area (Å²) in [6, 6.07) is 4.37. The minimum absolute atomic E-state index is 0.549. The van der Waals surface area contributed by atoms with Crippen molar-refractivity contribution in [2.75, 3.05) is 0 Å². The Morgan fingerprint density at radius 2 is 2.00 bits per heavy atom. The van der Waals surface area contributed by atoms with E-state index in [0.717, 1.165) is 10.9 Å². The van der Waals surface area contributed by atoms with Crippen LogP contribution >= 0.6 is 0 Å². The van der Waals surface area contributed by atoms with Gasteiger partial charge in [-0.1, -0.05) is 19.9 Å². The fourth-order valence-corrected chi connectivity index (χ4v) is 1.62. The van der Waals surface area contributed by atoms with E-state index in [1.807, 2.05) is 6.20 Å². The summed E-state index contributed by atoms with van der Waals surface area (Å²) < 4.78 is 0. The standard InChI is InChI=1S/C12H14N2/c1-8(2)10-4-9(3)11-6-13-7-14-12(11)5-10/h4-8H,1-3H3. The Morgan fingerprint density at radius 3 is 2.71 bits per heavy atom. The molecule has 2 nitrogen and oxygen atoms in total. The first-order valence-corrected chi connectivity index (χ1v) is 4.88. The summed E-state index contributed by atoms with van der Waals surface area (Å²) in [5, 5.41) is 1.15. The lowest BCUT2D eigenvalue weighted by atomic mass is 9.99. The molecule has 72 valence electrons. The SMILES string of the molecule is Cc1cc(C(C)C)cc2ncncc12. The van der Waals surface area contributed by atoms with Crippen LogP contribution in [0.5, 0.6) is 0 Å². The molecule has 0 radical (unpaired) electrons. The summed E-state index contributed by atoms with van der Waals surface area (Å²) in [6.07, 6.45) is 3.48. The molecular formula is C12H14N2. The van der Waals surface area contributed by atoms with Crippen molar-refractivity contribution in [2.24, 2.45) is 0 Å². The Hall–Kier alpha value is -1.44. The second kappa shape index (κ2) is 3.37. The Morgan fingerprint density at radius 1 is 1.21 bits per heavy atom. The molecule has 0 saturated carbocycles. The van der Waals surface area contributed by atoms with Gasteiger partial charge in [0.1, 0.15) is 6.33 Å². The zero-order valence-corrected chi connectivity index (χ0v) is 8.78. The first kappa shape index (κ1) is 9.13. The van der Waals surface area contributed by atoms with Gasteiger partial charge in [0.05, 0.1) is 5.52 Å². The number of benzene rings is 1. The maximum Gasteiger partial charge on any atom is 0.116 e. The van der Waals surface area contributed by atoms with E-state index >= 15 is 0 Å². The predicted octanol–water partition coefficient (Wildman–Crippen LogP) is 3.06.